The molecular weight excluding hydrogens is 300 g/mol. The van der Waals surface area contributed by atoms with Crippen LogP contribution in [0.25, 0.3) is 0 Å². The van der Waals surface area contributed by atoms with Gasteiger partial charge in [0.15, 0.2) is 5.78 Å². The smallest absolute Gasteiger partial charge is 0.185 e. The lowest BCUT2D eigenvalue weighted by molar-refractivity contribution is 0.0988. The largest absolute Gasteiger partial charge is 0.342 e. The second-order valence-corrected chi connectivity index (χ2v) is 5.59. The Hall–Kier alpha value is -3.08. The highest BCUT2D eigenvalue weighted by Crippen LogP contribution is 2.23. The Morgan fingerprint density at radius 1 is 1.04 bits per heavy atom. The van der Waals surface area contributed by atoms with Crippen molar-refractivity contribution in [2.45, 2.75) is 13.3 Å². The second kappa shape index (κ2) is 7.00. The zero-order valence-electron chi connectivity index (χ0n) is 13.7. The molecule has 0 aliphatic carbocycles. The van der Waals surface area contributed by atoms with E-state index in [1.54, 1.807) is 18.5 Å². The SMILES string of the molecule is Cc1cccc(C(=O)Cc2cccc(N(C)c3cncnc3)c2)n1. The lowest BCUT2D eigenvalue weighted by atomic mass is 10.1. The Kier molecular flexibility index (Phi) is 4.61. The first-order valence-electron chi connectivity index (χ1n) is 7.68. The molecule has 0 bridgehead atoms. The van der Waals surface area contributed by atoms with Crippen LogP contribution >= 0.6 is 0 Å². The van der Waals surface area contributed by atoms with Gasteiger partial charge in [0, 0.05) is 24.8 Å². The van der Waals surface area contributed by atoms with E-state index in [2.05, 4.69) is 15.0 Å². The first kappa shape index (κ1) is 15.8. The van der Waals surface area contributed by atoms with Gasteiger partial charge in [0.05, 0.1) is 18.1 Å². The minimum absolute atomic E-state index is 0.0153. The summed E-state index contributed by atoms with van der Waals surface area (Å²) in [6, 6.07) is 13.4. The van der Waals surface area contributed by atoms with Gasteiger partial charge in [-0.05, 0) is 36.8 Å². The molecule has 0 saturated heterocycles. The first-order valence-corrected chi connectivity index (χ1v) is 7.68. The molecule has 5 heteroatoms. The minimum atomic E-state index is 0.0153. The Balaban J connectivity index is 1.79. The van der Waals surface area contributed by atoms with Crippen molar-refractivity contribution in [3.63, 3.8) is 0 Å². The van der Waals surface area contributed by atoms with Gasteiger partial charge < -0.3 is 4.90 Å². The van der Waals surface area contributed by atoms with Gasteiger partial charge in [0.1, 0.15) is 12.0 Å². The van der Waals surface area contributed by atoms with E-state index in [9.17, 15) is 4.79 Å². The van der Waals surface area contributed by atoms with Crippen LogP contribution in [0, 0.1) is 6.92 Å². The van der Waals surface area contributed by atoms with Gasteiger partial charge in [-0.3, -0.25) is 9.78 Å². The average Bonchev–Trinajstić information content (AvgIpc) is 2.62. The highest BCUT2D eigenvalue weighted by atomic mass is 16.1. The molecule has 0 aliphatic rings. The van der Waals surface area contributed by atoms with Crippen molar-refractivity contribution in [1.82, 2.24) is 15.0 Å². The Morgan fingerprint density at radius 2 is 1.79 bits per heavy atom. The van der Waals surface area contributed by atoms with Crippen molar-refractivity contribution in [3.05, 3.63) is 78.1 Å². The molecule has 24 heavy (non-hydrogen) atoms. The number of benzene rings is 1. The van der Waals surface area contributed by atoms with Crippen molar-refractivity contribution in [1.29, 1.82) is 0 Å². The number of nitrogens with zero attached hydrogens (tertiary/aromatic N) is 4. The summed E-state index contributed by atoms with van der Waals surface area (Å²) in [5.74, 6) is 0.0153. The summed E-state index contributed by atoms with van der Waals surface area (Å²) in [5, 5.41) is 0. The molecule has 1 aromatic carbocycles. The van der Waals surface area contributed by atoms with Gasteiger partial charge in [0.25, 0.3) is 0 Å². The van der Waals surface area contributed by atoms with Crippen molar-refractivity contribution in [3.8, 4) is 0 Å². The number of ketones is 1. The number of carbonyl (C=O) groups is 1. The van der Waals surface area contributed by atoms with Crippen molar-refractivity contribution >= 4 is 17.2 Å². The number of hydrogen-bond acceptors (Lipinski definition) is 5. The number of Topliss-reactive ketones (excluding diaryl/α,β-unsaturated/α-hetero) is 1. The molecule has 0 radical (unpaired) electrons. The molecule has 0 saturated carbocycles. The van der Waals surface area contributed by atoms with Gasteiger partial charge >= 0.3 is 0 Å². The summed E-state index contributed by atoms with van der Waals surface area (Å²) < 4.78 is 0. The van der Waals surface area contributed by atoms with E-state index in [0.717, 1.165) is 22.6 Å². The average molecular weight is 318 g/mol. The van der Waals surface area contributed by atoms with Crippen molar-refractivity contribution in [2.24, 2.45) is 0 Å². The predicted molar refractivity (Wildman–Crippen MR) is 93.5 cm³/mol. The molecule has 0 fully saturated rings. The molecule has 5 nitrogen and oxygen atoms in total. The zero-order valence-corrected chi connectivity index (χ0v) is 13.7. The first-order chi connectivity index (χ1) is 11.6. The summed E-state index contributed by atoms with van der Waals surface area (Å²) in [4.78, 5) is 26.8. The summed E-state index contributed by atoms with van der Waals surface area (Å²) in [6.45, 7) is 1.88. The number of aromatic nitrogens is 3. The van der Waals surface area contributed by atoms with Crippen LogP contribution in [0.2, 0.25) is 0 Å². The number of rotatable bonds is 5. The monoisotopic (exact) mass is 318 g/mol. The fraction of sp³-hybridized carbons (Fsp3) is 0.158. The van der Waals surface area contributed by atoms with Crippen LogP contribution in [-0.4, -0.2) is 27.8 Å². The van der Waals surface area contributed by atoms with Crippen molar-refractivity contribution < 1.29 is 4.79 Å². The molecule has 0 spiro atoms. The summed E-state index contributed by atoms with van der Waals surface area (Å²) >= 11 is 0. The third kappa shape index (κ3) is 3.63. The summed E-state index contributed by atoms with van der Waals surface area (Å²) in [7, 11) is 1.95. The topological polar surface area (TPSA) is 59.0 Å². The maximum absolute atomic E-state index is 12.4. The van der Waals surface area contributed by atoms with Gasteiger partial charge in [-0.1, -0.05) is 18.2 Å². The molecule has 0 aliphatic heterocycles. The molecule has 0 amide bonds. The van der Waals surface area contributed by atoms with Crippen LogP contribution in [-0.2, 0) is 6.42 Å². The molecule has 0 unspecified atom stereocenters. The molecule has 2 aromatic heterocycles. The van der Waals surface area contributed by atoms with Gasteiger partial charge in [-0.25, -0.2) is 9.97 Å². The Morgan fingerprint density at radius 3 is 2.54 bits per heavy atom. The lowest BCUT2D eigenvalue weighted by Gasteiger charge is -2.19. The number of hydrogen-bond donors (Lipinski definition) is 0. The number of anilines is 2. The zero-order chi connectivity index (χ0) is 16.9. The predicted octanol–water partition coefficient (Wildman–Crippen LogP) is 3.37. The van der Waals surface area contributed by atoms with Crippen LogP contribution in [0.15, 0.2) is 61.2 Å². The Labute approximate surface area is 141 Å². The maximum atomic E-state index is 12.4. The summed E-state index contributed by atoms with van der Waals surface area (Å²) in [5.41, 5.74) is 4.17. The number of pyridine rings is 1. The van der Waals surface area contributed by atoms with Crippen LogP contribution in [0.3, 0.4) is 0 Å². The molecule has 3 rings (SSSR count). The number of aryl methyl sites for hydroxylation is 1. The lowest BCUT2D eigenvalue weighted by Crippen LogP contribution is -2.11. The number of carbonyl (C=O) groups excluding carboxylic acids is 1. The molecule has 0 N–H and O–H groups in total. The van der Waals surface area contributed by atoms with E-state index >= 15 is 0 Å². The normalized spacial score (nSPS) is 10.4. The Bertz CT molecular complexity index is 849. The van der Waals surface area contributed by atoms with Crippen LogP contribution in [0.5, 0.6) is 0 Å². The van der Waals surface area contributed by atoms with E-state index in [1.807, 2.05) is 55.3 Å². The molecule has 0 atom stereocenters. The third-order valence-electron chi connectivity index (χ3n) is 3.77. The van der Waals surface area contributed by atoms with Crippen LogP contribution in [0.4, 0.5) is 11.4 Å². The summed E-state index contributed by atoms with van der Waals surface area (Å²) in [6.07, 6.45) is 5.33. The minimum Gasteiger partial charge on any atom is -0.342 e. The van der Waals surface area contributed by atoms with E-state index in [1.165, 1.54) is 6.33 Å². The van der Waals surface area contributed by atoms with Crippen LogP contribution < -0.4 is 4.90 Å². The standard InChI is InChI=1S/C19H18N4O/c1-14-5-3-8-18(22-14)19(24)10-15-6-4-7-16(9-15)23(2)17-11-20-13-21-12-17/h3-9,11-13H,10H2,1-2H3. The quantitative estimate of drug-likeness (QED) is 0.675. The molecule has 2 heterocycles. The molecule has 3 aromatic rings. The second-order valence-electron chi connectivity index (χ2n) is 5.59. The van der Waals surface area contributed by atoms with E-state index in [-0.39, 0.29) is 5.78 Å². The van der Waals surface area contributed by atoms with E-state index < -0.39 is 0 Å². The van der Waals surface area contributed by atoms with Crippen molar-refractivity contribution in [2.75, 3.05) is 11.9 Å². The van der Waals surface area contributed by atoms with Gasteiger partial charge in [-0.15, -0.1) is 0 Å². The fourth-order valence-electron chi connectivity index (χ4n) is 2.46. The molecular formula is C19H18N4O. The van der Waals surface area contributed by atoms with Crippen LogP contribution in [0.1, 0.15) is 21.7 Å². The highest BCUT2D eigenvalue weighted by Gasteiger charge is 2.11. The third-order valence-corrected chi connectivity index (χ3v) is 3.77. The van der Waals surface area contributed by atoms with E-state index in [0.29, 0.717) is 12.1 Å². The fourth-order valence-corrected chi connectivity index (χ4v) is 2.46. The maximum Gasteiger partial charge on any atom is 0.185 e. The van der Waals surface area contributed by atoms with E-state index in [4.69, 9.17) is 0 Å². The van der Waals surface area contributed by atoms with Gasteiger partial charge in [-0.2, -0.15) is 0 Å². The van der Waals surface area contributed by atoms with Gasteiger partial charge in [0.2, 0.25) is 0 Å². The molecule has 120 valence electrons. The highest BCUT2D eigenvalue weighted by molar-refractivity contribution is 5.95.